The van der Waals surface area contributed by atoms with E-state index in [1.807, 2.05) is 12.1 Å². The highest BCUT2D eigenvalue weighted by atomic mass is 127. The first kappa shape index (κ1) is 16.1. The van der Waals surface area contributed by atoms with Crippen LogP contribution in [0.3, 0.4) is 0 Å². The lowest BCUT2D eigenvalue weighted by molar-refractivity contribution is -0.138. The maximum absolute atomic E-state index is 13.1. The molecule has 6 heteroatoms. The number of benzene rings is 2. The van der Waals surface area contributed by atoms with Gasteiger partial charge in [0.25, 0.3) is 0 Å². The van der Waals surface area contributed by atoms with E-state index in [-0.39, 0.29) is 17.9 Å². The van der Waals surface area contributed by atoms with Crippen LogP contribution in [0.2, 0.25) is 0 Å². The van der Waals surface area contributed by atoms with Crippen LogP contribution in [-0.4, -0.2) is 7.05 Å². The Hall–Kier alpha value is -1.28. The average molecular weight is 407 g/mol. The molecule has 0 radical (unpaired) electrons. The number of nitrogens with one attached hydrogen (secondary N) is 1. The summed E-state index contributed by atoms with van der Waals surface area (Å²) >= 11 is 2.15. The molecule has 0 spiro atoms. The molecule has 21 heavy (non-hydrogen) atoms. The van der Waals surface area contributed by atoms with Crippen molar-refractivity contribution in [1.29, 1.82) is 0 Å². The molecule has 0 bridgehead atoms. The van der Waals surface area contributed by atoms with Gasteiger partial charge in [-0.15, -0.1) is 0 Å². The molecule has 0 aliphatic carbocycles. The average Bonchev–Trinajstić information content (AvgIpc) is 2.42. The Bertz CT molecular complexity index is 611. The van der Waals surface area contributed by atoms with Crippen LogP contribution >= 0.6 is 22.6 Å². The second-order valence-corrected chi connectivity index (χ2v) is 5.65. The molecule has 112 valence electrons. The van der Waals surface area contributed by atoms with Gasteiger partial charge >= 0.3 is 6.18 Å². The molecule has 0 saturated carbocycles. The van der Waals surface area contributed by atoms with E-state index in [1.165, 1.54) is 6.07 Å². The minimum absolute atomic E-state index is 0.151. The van der Waals surface area contributed by atoms with E-state index < -0.39 is 11.7 Å². The first-order valence-electron chi connectivity index (χ1n) is 6.18. The Morgan fingerprint density at radius 3 is 2.24 bits per heavy atom. The number of alkyl halides is 3. The lowest BCUT2D eigenvalue weighted by atomic mass is 10.1. The van der Waals surface area contributed by atoms with Crippen molar-refractivity contribution in [3.05, 3.63) is 57.2 Å². The van der Waals surface area contributed by atoms with Gasteiger partial charge in [-0.1, -0.05) is 6.07 Å². The minimum atomic E-state index is -4.41. The third-order valence-corrected chi connectivity index (χ3v) is 3.52. The van der Waals surface area contributed by atoms with Gasteiger partial charge < -0.3 is 10.1 Å². The molecule has 1 N–H and O–H groups in total. The van der Waals surface area contributed by atoms with Crippen LogP contribution in [0.4, 0.5) is 13.2 Å². The third-order valence-electron chi connectivity index (χ3n) is 2.80. The van der Waals surface area contributed by atoms with Gasteiger partial charge in [0.1, 0.15) is 11.5 Å². The van der Waals surface area contributed by atoms with E-state index in [0.29, 0.717) is 5.75 Å². The number of rotatable bonds is 4. The molecule has 0 atom stereocenters. The van der Waals surface area contributed by atoms with Crippen LogP contribution in [0.1, 0.15) is 11.1 Å². The summed E-state index contributed by atoms with van der Waals surface area (Å²) in [6.45, 7) is 0.151. The van der Waals surface area contributed by atoms with Crippen molar-refractivity contribution in [2.24, 2.45) is 0 Å². The lowest BCUT2D eigenvalue weighted by Gasteiger charge is -2.15. The first-order valence-corrected chi connectivity index (χ1v) is 7.26. The number of hydrogen-bond acceptors (Lipinski definition) is 2. The second-order valence-electron chi connectivity index (χ2n) is 4.40. The molecule has 0 aromatic heterocycles. The number of ether oxygens (including phenoxy) is 1. The maximum Gasteiger partial charge on any atom is 0.416 e. The molecule has 2 aromatic rings. The molecule has 2 nitrogen and oxygen atoms in total. The van der Waals surface area contributed by atoms with E-state index in [4.69, 9.17) is 4.74 Å². The van der Waals surface area contributed by atoms with Crippen LogP contribution < -0.4 is 10.1 Å². The van der Waals surface area contributed by atoms with E-state index in [2.05, 4.69) is 27.9 Å². The summed E-state index contributed by atoms with van der Waals surface area (Å²) in [6.07, 6.45) is -4.41. The SMILES string of the molecule is CNCc1ccc(Oc2ccc(I)cc2)cc1C(F)(F)F. The third kappa shape index (κ3) is 4.34. The normalized spacial score (nSPS) is 11.5. The molecule has 0 aliphatic rings. The zero-order valence-electron chi connectivity index (χ0n) is 11.2. The Morgan fingerprint density at radius 1 is 1.05 bits per heavy atom. The van der Waals surface area contributed by atoms with Gasteiger partial charge in [0.15, 0.2) is 0 Å². The Labute approximate surface area is 134 Å². The van der Waals surface area contributed by atoms with Crippen molar-refractivity contribution in [3.8, 4) is 11.5 Å². The van der Waals surface area contributed by atoms with E-state index in [9.17, 15) is 13.2 Å². The molecule has 2 aromatic carbocycles. The lowest BCUT2D eigenvalue weighted by Crippen LogP contribution is -2.14. The topological polar surface area (TPSA) is 21.3 Å². The van der Waals surface area contributed by atoms with Gasteiger partial charge in [0, 0.05) is 10.1 Å². The summed E-state index contributed by atoms with van der Waals surface area (Å²) in [4.78, 5) is 0. The van der Waals surface area contributed by atoms with Gasteiger partial charge in [-0.25, -0.2) is 0 Å². The fraction of sp³-hybridized carbons (Fsp3) is 0.200. The summed E-state index contributed by atoms with van der Waals surface area (Å²) < 4.78 is 45.7. The fourth-order valence-electron chi connectivity index (χ4n) is 1.87. The van der Waals surface area contributed by atoms with E-state index >= 15 is 0 Å². The second kappa shape index (κ2) is 6.65. The van der Waals surface area contributed by atoms with Gasteiger partial charge in [-0.05, 0) is 71.6 Å². The monoisotopic (exact) mass is 407 g/mol. The van der Waals surface area contributed by atoms with Crippen molar-refractivity contribution in [1.82, 2.24) is 5.32 Å². The first-order chi connectivity index (χ1) is 9.90. The molecule has 0 heterocycles. The molecular weight excluding hydrogens is 394 g/mol. The molecule has 0 amide bonds. The van der Waals surface area contributed by atoms with Gasteiger partial charge in [0.05, 0.1) is 5.56 Å². The van der Waals surface area contributed by atoms with Crippen molar-refractivity contribution >= 4 is 22.6 Å². The highest BCUT2D eigenvalue weighted by Crippen LogP contribution is 2.35. The maximum atomic E-state index is 13.1. The summed E-state index contributed by atoms with van der Waals surface area (Å²) in [5.74, 6) is 0.674. The molecule has 0 fully saturated rings. The molecule has 0 saturated heterocycles. The summed E-state index contributed by atoms with van der Waals surface area (Å²) in [7, 11) is 1.61. The summed E-state index contributed by atoms with van der Waals surface area (Å²) in [5, 5.41) is 2.73. The fourth-order valence-corrected chi connectivity index (χ4v) is 2.23. The Kier molecular flexibility index (Phi) is 5.10. The van der Waals surface area contributed by atoms with Crippen LogP contribution in [0.5, 0.6) is 11.5 Å². The highest BCUT2D eigenvalue weighted by molar-refractivity contribution is 14.1. The smallest absolute Gasteiger partial charge is 0.416 e. The Morgan fingerprint density at radius 2 is 1.67 bits per heavy atom. The van der Waals surface area contributed by atoms with Gasteiger partial charge in [0.2, 0.25) is 0 Å². The zero-order valence-corrected chi connectivity index (χ0v) is 13.3. The van der Waals surface area contributed by atoms with Crippen molar-refractivity contribution in [3.63, 3.8) is 0 Å². The molecule has 2 rings (SSSR count). The van der Waals surface area contributed by atoms with Crippen LogP contribution in [0, 0.1) is 3.57 Å². The van der Waals surface area contributed by atoms with Gasteiger partial charge in [-0.3, -0.25) is 0 Å². The number of hydrogen-bond donors (Lipinski definition) is 1. The standard InChI is InChI=1S/C15H13F3INO/c1-20-9-10-2-5-13(8-14(10)15(16,17)18)21-12-6-3-11(19)4-7-12/h2-8,20H,9H2,1H3. The summed E-state index contributed by atoms with van der Waals surface area (Å²) in [6, 6.07) is 11.1. The number of halogens is 4. The van der Waals surface area contributed by atoms with Crippen molar-refractivity contribution < 1.29 is 17.9 Å². The molecular formula is C15H13F3INO. The van der Waals surface area contributed by atoms with Crippen LogP contribution in [0.15, 0.2) is 42.5 Å². The largest absolute Gasteiger partial charge is 0.457 e. The predicted octanol–water partition coefficient (Wildman–Crippen LogP) is 4.82. The van der Waals surface area contributed by atoms with E-state index in [1.54, 1.807) is 25.2 Å². The molecule has 0 unspecified atom stereocenters. The van der Waals surface area contributed by atoms with Crippen LogP contribution in [-0.2, 0) is 12.7 Å². The molecule has 0 aliphatic heterocycles. The van der Waals surface area contributed by atoms with E-state index in [0.717, 1.165) is 9.64 Å². The zero-order chi connectivity index (χ0) is 15.5. The quantitative estimate of drug-likeness (QED) is 0.734. The Balaban J connectivity index is 2.31. The summed E-state index contributed by atoms with van der Waals surface area (Å²) in [5.41, 5.74) is -0.486. The minimum Gasteiger partial charge on any atom is -0.457 e. The highest BCUT2D eigenvalue weighted by Gasteiger charge is 2.33. The van der Waals surface area contributed by atoms with Crippen LogP contribution in [0.25, 0.3) is 0 Å². The van der Waals surface area contributed by atoms with Gasteiger partial charge in [-0.2, -0.15) is 13.2 Å². The predicted molar refractivity (Wildman–Crippen MR) is 83.4 cm³/mol. The van der Waals surface area contributed by atoms with Crippen molar-refractivity contribution in [2.45, 2.75) is 12.7 Å². The van der Waals surface area contributed by atoms with Crippen molar-refractivity contribution in [2.75, 3.05) is 7.05 Å².